The second-order valence-electron chi connectivity index (χ2n) is 7.09. The number of aryl methyl sites for hydroxylation is 1. The molecule has 0 aliphatic heterocycles. The van der Waals surface area contributed by atoms with Crippen molar-refractivity contribution in [2.24, 2.45) is 0 Å². The molecule has 0 heterocycles. The van der Waals surface area contributed by atoms with Gasteiger partial charge in [0.05, 0.1) is 5.75 Å². The summed E-state index contributed by atoms with van der Waals surface area (Å²) in [6.07, 6.45) is 0.867. The van der Waals surface area contributed by atoms with Gasteiger partial charge >= 0.3 is 0 Å². The molecule has 1 N–H and O–H groups in total. The number of carbonyl (C=O) groups excluding carboxylic acids is 2. The highest BCUT2D eigenvalue weighted by atomic mass is 79.9. The predicted molar refractivity (Wildman–Crippen MR) is 125 cm³/mol. The van der Waals surface area contributed by atoms with Crippen molar-refractivity contribution in [2.45, 2.75) is 45.5 Å². The summed E-state index contributed by atoms with van der Waals surface area (Å²) in [4.78, 5) is 27.2. The molecule has 2 rings (SSSR count). The number of carbonyl (C=O) groups is 2. The van der Waals surface area contributed by atoms with Crippen LogP contribution in [0.1, 0.15) is 37.0 Å². The van der Waals surface area contributed by atoms with E-state index in [9.17, 15) is 9.59 Å². The van der Waals surface area contributed by atoms with E-state index in [1.807, 2.05) is 31.2 Å². The summed E-state index contributed by atoms with van der Waals surface area (Å²) in [5, 5.41) is 2.90. The van der Waals surface area contributed by atoms with Gasteiger partial charge in [-0.05, 0) is 43.5 Å². The van der Waals surface area contributed by atoms with Crippen LogP contribution in [0.25, 0.3) is 0 Å². The third-order valence-electron chi connectivity index (χ3n) is 4.60. The minimum atomic E-state index is -0.516. The smallest absolute Gasteiger partial charge is 0.242 e. The van der Waals surface area contributed by atoms with Gasteiger partial charge in [0.2, 0.25) is 11.8 Å². The molecule has 156 valence electrons. The molecule has 29 heavy (non-hydrogen) atoms. The zero-order chi connectivity index (χ0) is 21.2. The highest BCUT2D eigenvalue weighted by Crippen LogP contribution is 2.17. The molecule has 0 saturated heterocycles. The van der Waals surface area contributed by atoms with E-state index in [1.165, 1.54) is 11.1 Å². The van der Waals surface area contributed by atoms with E-state index in [-0.39, 0.29) is 11.8 Å². The van der Waals surface area contributed by atoms with Gasteiger partial charge in [0, 0.05) is 23.3 Å². The maximum atomic E-state index is 13.0. The minimum Gasteiger partial charge on any atom is -0.354 e. The van der Waals surface area contributed by atoms with Crippen LogP contribution in [0.2, 0.25) is 0 Å². The Morgan fingerprint density at radius 2 is 1.69 bits per heavy atom. The lowest BCUT2D eigenvalue weighted by molar-refractivity contribution is -0.138. The first-order chi connectivity index (χ1) is 13.9. The molecule has 1 unspecified atom stereocenters. The number of amides is 2. The van der Waals surface area contributed by atoms with Gasteiger partial charge in [0.15, 0.2) is 0 Å². The SMILES string of the molecule is CCCNC(=O)C(C)N(Cc1ccc(Br)cc1)C(=O)CSCc1ccc(C)cc1. The van der Waals surface area contributed by atoms with Crippen molar-refractivity contribution >= 4 is 39.5 Å². The summed E-state index contributed by atoms with van der Waals surface area (Å²) in [7, 11) is 0. The Hall–Kier alpha value is -1.79. The standard InChI is InChI=1S/C23H29BrN2O2S/c1-4-13-25-23(28)18(3)26(14-19-9-11-21(24)12-10-19)22(27)16-29-15-20-7-5-17(2)6-8-20/h5-12,18H,4,13-16H2,1-3H3,(H,25,28). The summed E-state index contributed by atoms with van der Waals surface area (Å²) in [5.74, 6) is 0.981. The van der Waals surface area contributed by atoms with E-state index in [0.717, 1.165) is 22.2 Å². The molecule has 0 aliphatic rings. The van der Waals surface area contributed by atoms with Gasteiger partial charge in [-0.1, -0.05) is 64.8 Å². The van der Waals surface area contributed by atoms with Crippen LogP contribution in [0.5, 0.6) is 0 Å². The molecule has 0 saturated carbocycles. The molecule has 6 heteroatoms. The molecule has 2 aromatic rings. The molecule has 2 amide bonds. The Kier molecular flexibility index (Phi) is 9.74. The van der Waals surface area contributed by atoms with Crippen LogP contribution in [0, 0.1) is 6.92 Å². The molecule has 0 bridgehead atoms. The lowest BCUT2D eigenvalue weighted by atomic mass is 10.1. The Bertz CT molecular complexity index is 794. The minimum absolute atomic E-state index is 0.0239. The molecule has 1 atom stereocenters. The van der Waals surface area contributed by atoms with Crippen LogP contribution in [0.3, 0.4) is 0 Å². The lowest BCUT2D eigenvalue weighted by Crippen LogP contribution is -2.48. The fourth-order valence-electron chi connectivity index (χ4n) is 2.79. The number of hydrogen-bond acceptors (Lipinski definition) is 3. The maximum Gasteiger partial charge on any atom is 0.242 e. The molecule has 0 aromatic heterocycles. The first kappa shape index (κ1) is 23.5. The van der Waals surface area contributed by atoms with Crippen LogP contribution >= 0.6 is 27.7 Å². The van der Waals surface area contributed by atoms with Gasteiger partial charge in [-0.3, -0.25) is 9.59 Å². The first-order valence-corrected chi connectivity index (χ1v) is 11.8. The third-order valence-corrected chi connectivity index (χ3v) is 6.11. The number of rotatable bonds is 10. The number of benzene rings is 2. The second kappa shape index (κ2) is 12.0. The Balaban J connectivity index is 2.03. The van der Waals surface area contributed by atoms with E-state index in [0.29, 0.717) is 18.8 Å². The van der Waals surface area contributed by atoms with Crippen LogP contribution < -0.4 is 5.32 Å². The number of nitrogens with one attached hydrogen (secondary N) is 1. The number of nitrogens with zero attached hydrogens (tertiary/aromatic N) is 1. The summed E-state index contributed by atoms with van der Waals surface area (Å²) in [6.45, 7) is 6.90. The molecular formula is C23H29BrN2O2S. The summed E-state index contributed by atoms with van der Waals surface area (Å²) in [6, 6.07) is 15.7. The van der Waals surface area contributed by atoms with Crippen molar-refractivity contribution in [1.29, 1.82) is 0 Å². The van der Waals surface area contributed by atoms with E-state index in [1.54, 1.807) is 23.6 Å². The molecule has 2 aromatic carbocycles. The molecule has 4 nitrogen and oxygen atoms in total. The van der Waals surface area contributed by atoms with Gasteiger partial charge in [-0.2, -0.15) is 0 Å². The van der Waals surface area contributed by atoms with E-state index in [4.69, 9.17) is 0 Å². The zero-order valence-corrected chi connectivity index (χ0v) is 19.7. The summed E-state index contributed by atoms with van der Waals surface area (Å²) >= 11 is 5.01. The number of hydrogen-bond donors (Lipinski definition) is 1. The molecular weight excluding hydrogens is 448 g/mol. The highest BCUT2D eigenvalue weighted by molar-refractivity contribution is 9.10. The number of thioether (sulfide) groups is 1. The van der Waals surface area contributed by atoms with Crippen LogP contribution in [-0.4, -0.2) is 35.1 Å². The topological polar surface area (TPSA) is 49.4 Å². The summed E-state index contributed by atoms with van der Waals surface area (Å²) < 4.78 is 0.988. The van der Waals surface area contributed by atoms with E-state index >= 15 is 0 Å². The monoisotopic (exact) mass is 476 g/mol. The Morgan fingerprint density at radius 3 is 2.31 bits per heavy atom. The largest absolute Gasteiger partial charge is 0.354 e. The second-order valence-corrected chi connectivity index (χ2v) is 8.99. The van der Waals surface area contributed by atoms with Crippen LogP contribution in [-0.2, 0) is 21.9 Å². The van der Waals surface area contributed by atoms with Crippen molar-refractivity contribution in [2.75, 3.05) is 12.3 Å². The third kappa shape index (κ3) is 7.86. The quantitative estimate of drug-likeness (QED) is 0.528. The number of halogens is 1. The average molecular weight is 477 g/mol. The van der Waals surface area contributed by atoms with Gasteiger partial charge < -0.3 is 10.2 Å². The van der Waals surface area contributed by atoms with Gasteiger partial charge in [-0.25, -0.2) is 0 Å². The molecule has 0 spiro atoms. The Morgan fingerprint density at radius 1 is 1.07 bits per heavy atom. The predicted octanol–water partition coefficient (Wildman–Crippen LogP) is 4.93. The van der Waals surface area contributed by atoms with E-state index < -0.39 is 6.04 Å². The van der Waals surface area contributed by atoms with E-state index in [2.05, 4.69) is 52.4 Å². The van der Waals surface area contributed by atoms with Crippen molar-refractivity contribution in [3.05, 3.63) is 69.7 Å². The van der Waals surface area contributed by atoms with Gasteiger partial charge in [0.1, 0.15) is 6.04 Å². The van der Waals surface area contributed by atoms with Crippen molar-refractivity contribution in [3.8, 4) is 0 Å². The van der Waals surface area contributed by atoms with Crippen LogP contribution in [0.15, 0.2) is 53.0 Å². The van der Waals surface area contributed by atoms with Crippen molar-refractivity contribution < 1.29 is 9.59 Å². The maximum absolute atomic E-state index is 13.0. The Labute approximate surface area is 186 Å². The molecule has 0 fully saturated rings. The highest BCUT2D eigenvalue weighted by Gasteiger charge is 2.25. The fraction of sp³-hybridized carbons (Fsp3) is 0.391. The van der Waals surface area contributed by atoms with Crippen LogP contribution in [0.4, 0.5) is 0 Å². The molecule has 0 radical (unpaired) electrons. The van der Waals surface area contributed by atoms with Gasteiger partial charge in [0.25, 0.3) is 0 Å². The summed E-state index contributed by atoms with van der Waals surface area (Å²) in [5.41, 5.74) is 3.42. The fourth-order valence-corrected chi connectivity index (χ4v) is 3.92. The van der Waals surface area contributed by atoms with Crippen molar-refractivity contribution in [1.82, 2.24) is 10.2 Å². The molecule has 0 aliphatic carbocycles. The average Bonchev–Trinajstić information content (AvgIpc) is 2.72. The van der Waals surface area contributed by atoms with Crippen molar-refractivity contribution in [3.63, 3.8) is 0 Å². The van der Waals surface area contributed by atoms with Gasteiger partial charge in [-0.15, -0.1) is 11.8 Å². The zero-order valence-electron chi connectivity index (χ0n) is 17.3. The normalized spacial score (nSPS) is 11.7. The first-order valence-electron chi connectivity index (χ1n) is 9.85. The lowest BCUT2D eigenvalue weighted by Gasteiger charge is -2.28.